The van der Waals surface area contributed by atoms with Crippen LogP contribution in [-0.4, -0.2) is 50.3 Å². The van der Waals surface area contributed by atoms with Crippen LogP contribution in [0.15, 0.2) is 17.1 Å². The smallest absolute Gasteiger partial charge is 0.210 e. The average Bonchev–Trinajstić information content (AvgIpc) is 2.73. The summed E-state index contributed by atoms with van der Waals surface area (Å²) in [6, 6.07) is 0. The van der Waals surface area contributed by atoms with Gasteiger partial charge in [-0.15, -0.1) is 0 Å². The third kappa shape index (κ3) is 4.89. The van der Waals surface area contributed by atoms with Crippen LogP contribution >= 0.6 is 0 Å². The van der Waals surface area contributed by atoms with E-state index in [0.29, 0.717) is 19.1 Å². The number of hydrogen-bond donors (Lipinski definition) is 0. The third-order valence-electron chi connectivity index (χ3n) is 3.27. The number of aliphatic imine (C=N–C) groups is 1. The molecule has 116 valence electrons. The van der Waals surface area contributed by atoms with Gasteiger partial charge >= 0.3 is 0 Å². The molecule has 5 nitrogen and oxygen atoms in total. The van der Waals surface area contributed by atoms with Crippen molar-refractivity contribution in [1.29, 1.82) is 0 Å². The quantitative estimate of drug-likeness (QED) is 0.508. The van der Waals surface area contributed by atoms with E-state index >= 15 is 0 Å². The zero-order valence-corrected chi connectivity index (χ0v) is 13.4. The van der Waals surface area contributed by atoms with Crippen LogP contribution in [0.4, 0.5) is 0 Å². The molecule has 5 heteroatoms. The van der Waals surface area contributed by atoms with Gasteiger partial charge in [0.25, 0.3) is 0 Å². The Morgan fingerprint density at radius 1 is 1.50 bits per heavy atom. The number of hydrogen-bond acceptors (Lipinski definition) is 5. The lowest BCUT2D eigenvalue weighted by Gasteiger charge is -2.32. The lowest BCUT2D eigenvalue weighted by molar-refractivity contribution is -0.140. The van der Waals surface area contributed by atoms with Crippen molar-refractivity contribution in [3.8, 4) is 0 Å². The van der Waals surface area contributed by atoms with Gasteiger partial charge in [-0.2, -0.15) is 0 Å². The molecule has 1 aliphatic heterocycles. The molecule has 0 saturated heterocycles. The van der Waals surface area contributed by atoms with Gasteiger partial charge in [0, 0.05) is 7.11 Å². The topological polar surface area (TPSA) is 49.3 Å². The van der Waals surface area contributed by atoms with E-state index in [0.717, 1.165) is 0 Å². The third-order valence-corrected chi connectivity index (χ3v) is 3.27. The van der Waals surface area contributed by atoms with E-state index in [4.69, 9.17) is 18.9 Å². The summed E-state index contributed by atoms with van der Waals surface area (Å²) in [4.78, 5) is 4.48. The van der Waals surface area contributed by atoms with Gasteiger partial charge in [-0.05, 0) is 34.6 Å². The van der Waals surface area contributed by atoms with Crippen molar-refractivity contribution in [2.24, 2.45) is 4.99 Å². The molecule has 2 atom stereocenters. The van der Waals surface area contributed by atoms with Crippen LogP contribution in [0, 0.1) is 0 Å². The summed E-state index contributed by atoms with van der Waals surface area (Å²) in [7, 11) is 1.60. The van der Waals surface area contributed by atoms with Gasteiger partial charge < -0.3 is 18.9 Å². The fourth-order valence-corrected chi connectivity index (χ4v) is 1.92. The lowest BCUT2D eigenvalue weighted by Crippen LogP contribution is -2.41. The minimum atomic E-state index is -0.550. The second-order valence-corrected chi connectivity index (χ2v) is 5.79. The molecule has 1 rings (SSSR count). The normalized spacial score (nSPS) is 22.4. The van der Waals surface area contributed by atoms with E-state index in [-0.39, 0.29) is 18.4 Å². The molecule has 0 bridgehead atoms. The van der Waals surface area contributed by atoms with E-state index in [1.807, 2.05) is 46.8 Å². The Morgan fingerprint density at radius 3 is 2.70 bits per heavy atom. The van der Waals surface area contributed by atoms with E-state index in [1.165, 1.54) is 0 Å². The molecule has 0 aromatic carbocycles. The summed E-state index contributed by atoms with van der Waals surface area (Å²) in [5.74, 6) is 0.643. The molecule has 0 fully saturated rings. The Bertz CT molecular complexity index is 365. The van der Waals surface area contributed by atoms with Crippen molar-refractivity contribution < 1.29 is 18.9 Å². The average molecular weight is 285 g/mol. The molecule has 1 aliphatic rings. The molecule has 1 heterocycles. The minimum Gasteiger partial charge on any atom is -0.477 e. The number of methoxy groups -OCH3 is 1. The van der Waals surface area contributed by atoms with E-state index < -0.39 is 5.60 Å². The molecule has 0 saturated carbocycles. The van der Waals surface area contributed by atoms with Gasteiger partial charge in [-0.25, -0.2) is 4.99 Å². The van der Waals surface area contributed by atoms with Crippen LogP contribution < -0.4 is 0 Å². The van der Waals surface area contributed by atoms with E-state index in [1.54, 1.807) is 7.11 Å². The highest BCUT2D eigenvalue weighted by Crippen LogP contribution is 2.23. The zero-order valence-electron chi connectivity index (χ0n) is 13.4. The highest BCUT2D eigenvalue weighted by atomic mass is 16.7. The van der Waals surface area contributed by atoms with Gasteiger partial charge in [0.05, 0.1) is 11.6 Å². The first kappa shape index (κ1) is 17.1. The Morgan fingerprint density at radius 2 is 2.20 bits per heavy atom. The van der Waals surface area contributed by atoms with Crippen LogP contribution in [0.1, 0.15) is 34.6 Å². The molecule has 0 amide bonds. The second kappa shape index (κ2) is 7.20. The van der Waals surface area contributed by atoms with E-state index in [9.17, 15) is 0 Å². The Hall–Kier alpha value is -0.910. The fourth-order valence-electron chi connectivity index (χ4n) is 1.92. The van der Waals surface area contributed by atoms with Gasteiger partial charge in [-0.3, -0.25) is 0 Å². The zero-order chi connectivity index (χ0) is 15.2. The predicted molar refractivity (Wildman–Crippen MR) is 79.1 cm³/mol. The monoisotopic (exact) mass is 285 g/mol. The van der Waals surface area contributed by atoms with Crippen LogP contribution in [0.25, 0.3) is 0 Å². The molecule has 0 spiro atoms. The van der Waals surface area contributed by atoms with Gasteiger partial charge in [0.15, 0.2) is 0 Å². The maximum absolute atomic E-state index is 5.98. The summed E-state index contributed by atoms with van der Waals surface area (Å²) in [5, 5.41) is 0. The maximum atomic E-state index is 5.98. The molecule has 20 heavy (non-hydrogen) atoms. The Kier molecular flexibility index (Phi) is 6.17. The summed E-state index contributed by atoms with van der Waals surface area (Å²) in [5.41, 5.74) is -0.709. The number of ether oxygens (including phenoxy) is 4. The fraction of sp³-hybridized carbons (Fsp3) is 0.800. The Balaban J connectivity index is 2.63. The number of allylic oxidation sites excluding steroid dienone is 1. The standard InChI is InChI=1S/C15H27NO4/c1-7-8-15(5,12(2)19-11-17-6)20-9-13-16-14(3,4)10-18-13/h7-8,12H,9-11H2,1-6H3/b8-7+/t12-,15-/m0/s1. The molecule has 0 aromatic rings. The van der Waals surface area contributed by atoms with Crippen LogP contribution in [0.3, 0.4) is 0 Å². The van der Waals surface area contributed by atoms with Gasteiger partial charge in [0.2, 0.25) is 5.90 Å². The van der Waals surface area contributed by atoms with Crippen LogP contribution in [-0.2, 0) is 18.9 Å². The summed E-state index contributed by atoms with van der Waals surface area (Å²) in [6.45, 7) is 11.1. The summed E-state index contributed by atoms with van der Waals surface area (Å²) >= 11 is 0. The summed E-state index contributed by atoms with van der Waals surface area (Å²) < 4.78 is 22.0. The lowest BCUT2D eigenvalue weighted by atomic mass is 9.99. The van der Waals surface area contributed by atoms with Crippen molar-refractivity contribution in [1.82, 2.24) is 0 Å². The van der Waals surface area contributed by atoms with Gasteiger partial charge in [-0.1, -0.05) is 12.2 Å². The molecule has 0 aliphatic carbocycles. The largest absolute Gasteiger partial charge is 0.477 e. The molecule has 0 radical (unpaired) electrons. The van der Waals surface area contributed by atoms with Crippen molar-refractivity contribution in [3.05, 3.63) is 12.2 Å². The highest BCUT2D eigenvalue weighted by molar-refractivity contribution is 5.79. The minimum absolute atomic E-state index is 0.145. The maximum Gasteiger partial charge on any atom is 0.210 e. The van der Waals surface area contributed by atoms with Crippen molar-refractivity contribution in [2.75, 3.05) is 27.1 Å². The molecule has 0 unspecified atom stereocenters. The first-order chi connectivity index (χ1) is 9.33. The molecular formula is C15H27NO4. The second-order valence-electron chi connectivity index (χ2n) is 5.79. The first-order valence-corrected chi connectivity index (χ1v) is 6.93. The number of nitrogens with zero attached hydrogens (tertiary/aromatic N) is 1. The summed E-state index contributed by atoms with van der Waals surface area (Å²) in [6.07, 6.45) is 3.79. The molecule has 0 N–H and O–H groups in total. The van der Waals surface area contributed by atoms with E-state index in [2.05, 4.69) is 4.99 Å². The Labute approximate surface area is 122 Å². The molecule has 0 aromatic heterocycles. The predicted octanol–water partition coefficient (Wildman–Crippen LogP) is 2.55. The van der Waals surface area contributed by atoms with Crippen molar-refractivity contribution in [3.63, 3.8) is 0 Å². The van der Waals surface area contributed by atoms with Crippen molar-refractivity contribution in [2.45, 2.75) is 51.9 Å². The SMILES string of the molecule is C/C=C/[C@](C)(OCC1=NC(C)(C)CO1)[C@H](C)OCOC. The van der Waals surface area contributed by atoms with Crippen LogP contribution in [0.2, 0.25) is 0 Å². The first-order valence-electron chi connectivity index (χ1n) is 6.93. The van der Waals surface area contributed by atoms with Gasteiger partial charge in [0.1, 0.15) is 25.6 Å². The van der Waals surface area contributed by atoms with Crippen LogP contribution in [0.5, 0.6) is 0 Å². The van der Waals surface area contributed by atoms with Crippen molar-refractivity contribution >= 4 is 5.90 Å². The molecular weight excluding hydrogens is 258 g/mol. The highest BCUT2D eigenvalue weighted by Gasteiger charge is 2.33. The number of rotatable bonds is 8.